The molecular weight excluding hydrogens is 229 g/mol. The molecule has 0 saturated carbocycles. The fraction of sp³-hybridized carbons (Fsp3) is 0.500. The van der Waals surface area contributed by atoms with E-state index >= 15 is 0 Å². The van der Waals surface area contributed by atoms with E-state index in [1.165, 1.54) is 6.07 Å². The standard InChI is InChI=1S/C12H15ClFNO/c13-10-4-3-9(12(14)6-10)8-16-11-2-1-5-15-7-11/h3-4,6,11,15H,1-2,5,7-8H2. The van der Waals surface area contributed by atoms with Gasteiger partial charge in [0.05, 0.1) is 12.7 Å². The van der Waals surface area contributed by atoms with Crippen molar-refractivity contribution in [1.29, 1.82) is 0 Å². The largest absolute Gasteiger partial charge is 0.372 e. The molecule has 0 aliphatic carbocycles. The van der Waals surface area contributed by atoms with Crippen LogP contribution in [-0.4, -0.2) is 19.2 Å². The number of halogens is 2. The maximum Gasteiger partial charge on any atom is 0.130 e. The van der Waals surface area contributed by atoms with E-state index in [9.17, 15) is 4.39 Å². The Balaban J connectivity index is 1.88. The van der Waals surface area contributed by atoms with Gasteiger partial charge in [0, 0.05) is 17.1 Å². The summed E-state index contributed by atoms with van der Waals surface area (Å²) in [6.07, 6.45) is 2.36. The van der Waals surface area contributed by atoms with Gasteiger partial charge in [-0.05, 0) is 31.5 Å². The lowest BCUT2D eigenvalue weighted by Crippen LogP contribution is -2.35. The van der Waals surface area contributed by atoms with Crippen LogP contribution in [0, 0.1) is 5.82 Å². The Kier molecular flexibility index (Phi) is 4.16. The van der Waals surface area contributed by atoms with Gasteiger partial charge in [0.2, 0.25) is 0 Å². The van der Waals surface area contributed by atoms with Crippen LogP contribution in [0.1, 0.15) is 18.4 Å². The Labute approximate surface area is 99.7 Å². The molecule has 16 heavy (non-hydrogen) atoms. The molecule has 1 atom stereocenters. The van der Waals surface area contributed by atoms with Crippen LogP contribution < -0.4 is 5.32 Å². The summed E-state index contributed by atoms with van der Waals surface area (Å²) in [6, 6.07) is 4.68. The first-order valence-corrected chi connectivity index (χ1v) is 5.90. The summed E-state index contributed by atoms with van der Waals surface area (Å²) >= 11 is 5.67. The minimum atomic E-state index is -0.295. The Morgan fingerprint density at radius 2 is 2.38 bits per heavy atom. The summed E-state index contributed by atoms with van der Waals surface area (Å²) in [5, 5.41) is 3.67. The van der Waals surface area contributed by atoms with Crippen LogP contribution in [0.3, 0.4) is 0 Å². The maximum absolute atomic E-state index is 13.4. The highest BCUT2D eigenvalue weighted by Gasteiger charge is 2.14. The van der Waals surface area contributed by atoms with Crippen molar-refractivity contribution in [2.75, 3.05) is 13.1 Å². The average molecular weight is 244 g/mol. The van der Waals surface area contributed by atoms with Gasteiger partial charge in [-0.25, -0.2) is 4.39 Å². The summed E-state index contributed by atoms with van der Waals surface area (Å²) in [5.41, 5.74) is 0.565. The third-order valence-corrected chi connectivity index (χ3v) is 2.98. The zero-order valence-corrected chi connectivity index (χ0v) is 9.77. The third-order valence-electron chi connectivity index (χ3n) is 2.74. The van der Waals surface area contributed by atoms with Gasteiger partial charge in [-0.1, -0.05) is 17.7 Å². The van der Waals surface area contributed by atoms with Gasteiger partial charge < -0.3 is 10.1 Å². The molecule has 0 bridgehead atoms. The molecule has 1 unspecified atom stereocenters. The molecule has 1 fully saturated rings. The number of rotatable bonds is 3. The molecule has 1 N–H and O–H groups in total. The smallest absolute Gasteiger partial charge is 0.130 e. The molecule has 1 saturated heterocycles. The predicted molar refractivity (Wildman–Crippen MR) is 62.1 cm³/mol. The average Bonchev–Trinajstić information content (AvgIpc) is 2.29. The zero-order chi connectivity index (χ0) is 11.4. The van der Waals surface area contributed by atoms with Crippen LogP contribution in [-0.2, 0) is 11.3 Å². The fourth-order valence-electron chi connectivity index (χ4n) is 1.81. The van der Waals surface area contributed by atoms with Crippen molar-refractivity contribution in [3.05, 3.63) is 34.6 Å². The first kappa shape index (κ1) is 11.8. The van der Waals surface area contributed by atoms with Gasteiger partial charge in [-0.15, -0.1) is 0 Å². The van der Waals surface area contributed by atoms with Crippen LogP contribution in [0.2, 0.25) is 5.02 Å². The molecule has 0 aromatic heterocycles. The Bertz CT molecular complexity index is 353. The van der Waals surface area contributed by atoms with Crippen LogP contribution in [0.5, 0.6) is 0 Å². The lowest BCUT2D eigenvalue weighted by Gasteiger charge is -2.23. The second kappa shape index (κ2) is 5.62. The van der Waals surface area contributed by atoms with E-state index in [1.54, 1.807) is 12.1 Å². The Morgan fingerprint density at radius 3 is 3.06 bits per heavy atom. The van der Waals surface area contributed by atoms with E-state index in [2.05, 4.69) is 5.32 Å². The number of benzene rings is 1. The second-order valence-electron chi connectivity index (χ2n) is 4.02. The molecule has 1 aromatic carbocycles. The fourth-order valence-corrected chi connectivity index (χ4v) is 1.97. The molecule has 1 aliphatic heterocycles. The highest BCUT2D eigenvalue weighted by Crippen LogP contribution is 2.17. The molecule has 1 heterocycles. The van der Waals surface area contributed by atoms with Crippen molar-refractivity contribution >= 4 is 11.6 Å². The molecule has 0 radical (unpaired) electrons. The molecular formula is C12H15ClFNO. The number of nitrogens with one attached hydrogen (secondary N) is 1. The van der Waals surface area contributed by atoms with Gasteiger partial charge >= 0.3 is 0 Å². The van der Waals surface area contributed by atoms with Crippen molar-refractivity contribution in [1.82, 2.24) is 5.32 Å². The number of hydrogen-bond donors (Lipinski definition) is 1. The summed E-state index contributed by atoms with van der Waals surface area (Å²) in [6.45, 7) is 2.22. The maximum atomic E-state index is 13.4. The SMILES string of the molecule is Fc1cc(Cl)ccc1COC1CCCNC1. The minimum Gasteiger partial charge on any atom is -0.372 e. The van der Waals surface area contributed by atoms with E-state index in [-0.39, 0.29) is 11.9 Å². The van der Waals surface area contributed by atoms with Gasteiger partial charge in [-0.3, -0.25) is 0 Å². The lowest BCUT2D eigenvalue weighted by atomic mass is 10.1. The van der Waals surface area contributed by atoms with Gasteiger partial charge in [0.1, 0.15) is 5.82 Å². The number of ether oxygens (including phenoxy) is 1. The Morgan fingerprint density at radius 1 is 1.50 bits per heavy atom. The molecule has 88 valence electrons. The highest BCUT2D eigenvalue weighted by atomic mass is 35.5. The van der Waals surface area contributed by atoms with Crippen molar-refractivity contribution in [3.63, 3.8) is 0 Å². The number of piperidine rings is 1. The molecule has 0 amide bonds. The first-order valence-electron chi connectivity index (χ1n) is 5.52. The van der Waals surface area contributed by atoms with Crippen LogP contribution in [0.15, 0.2) is 18.2 Å². The van der Waals surface area contributed by atoms with Crippen LogP contribution in [0.4, 0.5) is 4.39 Å². The topological polar surface area (TPSA) is 21.3 Å². The third kappa shape index (κ3) is 3.17. The zero-order valence-electron chi connectivity index (χ0n) is 9.01. The van der Waals surface area contributed by atoms with Gasteiger partial charge in [0.15, 0.2) is 0 Å². The van der Waals surface area contributed by atoms with E-state index in [0.717, 1.165) is 25.9 Å². The monoisotopic (exact) mass is 243 g/mol. The molecule has 2 rings (SSSR count). The van der Waals surface area contributed by atoms with E-state index in [0.29, 0.717) is 17.2 Å². The van der Waals surface area contributed by atoms with Gasteiger partial charge in [0.25, 0.3) is 0 Å². The van der Waals surface area contributed by atoms with E-state index in [1.807, 2.05) is 0 Å². The molecule has 4 heteroatoms. The van der Waals surface area contributed by atoms with Crippen LogP contribution >= 0.6 is 11.6 Å². The normalized spacial score (nSPS) is 21.0. The Hall–Kier alpha value is -0.640. The molecule has 2 nitrogen and oxygen atoms in total. The quantitative estimate of drug-likeness (QED) is 0.882. The first-order chi connectivity index (χ1) is 7.75. The number of hydrogen-bond acceptors (Lipinski definition) is 2. The lowest BCUT2D eigenvalue weighted by molar-refractivity contribution is 0.0239. The molecule has 1 aromatic rings. The summed E-state index contributed by atoms with van der Waals surface area (Å²) in [5.74, 6) is -0.295. The van der Waals surface area contributed by atoms with E-state index < -0.39 is 0 Å². The highest BCUT2D eigenvalue weighted by molar-refractivity contribution is 6.30. The second-order valence-corrected chi connectivity index (χ2v) is 4.45. The van der Waals surface area contributed by atoms with Crippen molar-refractivity contribution in [2.45, 2.75) is 25.6 Å². The van der Waals surface area contributed by atoms with Crippen molar-refractivity contribution < 1.29 is 9.13 Å². The summed E-state index contributed by atoms with van der Waals surface area (Å²) in [7, 11) is 0. The summed E-state index contributed by atoms with van der Waals surface area (Å²) < 4.78 is 19.1. The van der Waals surface area contributed by atoms with Crippen LogP contribution in [0.25, 0.3) is 0 Å². The summed E-state index contributed by atoms with van der Waals surface area (Å²) in [4.78, 5) is 0. The van der Waals surface area contributed by atoms with Gasteiger partial charge in [-0.2, -0.15) is 0 Å². The van der Waals surface area contributed by atoms with E-state index in [4.69, 9.17) is 16.3 Å². The van der Waals surface area contributed by atoms with Crippen molar-refractivity contribution in [2.24, 2.45) is 0 Å². The van der Waals surface area contributed by atoms with Crippen molar-refractivity contribution in [3.8, 4) is 0 Å². The molecule has 0 spiro atoms. The molecule has 1 aliphatic rings. The minimum absolute atomic E-state index is 0.198. The predicted octanol–water partition coefficient (Wildman–Crippen LogP) is 2.75.